The van der Waals surface area contributed by atoms with Gasteiger partial charge in [0.2, 0.25) is 0 Å². The van der Waals surface area contributed by atoms with Crippen molar-refractivity contribution in [3.8, 4) is 0 Å². The largest absolute Gasteiger partial charge is 0.370 e. The number of hydrogen-bond donors (Lipinski definition) is 1. The second-order valence-electron chi connectivity index (χ2n) is 2.43. The van der Waals surface area contributed by atoms with Crippen LogP contribution in [0.1, 0.15) is 0 Å². The first-order valence-corrected chi connectivity index (χ1v) is 5.13. The van der Waals surface area contributed by atoms with Crippen molar-refractivity contribution < 1.29 is 9.85 Å². The predicted molar refractivity (Wildman–Crippen MR) is 56.8 cm³/mol. The third-order valence-electron chi connectivity index (χ3n) is 1.46. The molecule has 0 aromatic carbocycles. The summed E-state index contributed by atoms with van der Waals surface area (Å²) in [6.45, 7) is 0.320. The molecule has 0 atom stereocenters. The summed E-state index contributed by atoms with van der Waals surface area (Å²) in [6, 6.07) is 0.932. The zero-order chi connectivity index (χ0) is 11.4. The number of nitro groups is 2. The number of rotatable bonds is 5. The fourth-order valence-corrected chi connectivity index (χ4v) is 1.84. The lowest BCUT2D eigenvalue weighted by molar-refractivity contribution is -0.389. The van der Waals surface area contributed by atoms with Gasteiger partial charge in [0.25, 0.3) is 0 Å². The van der Waals surface area contributed by atoms with E-state index in [0.29, 0.717) is 6.54 Å². The van der Waals surface area contributed by atoms with Crippen molar-refractivity contribution in [3.63, 3.8) is 0 Å². The van der Waals surface area contributed by atoms with Gasteiger partial charge in [-0.25, -0.2) is 0 Å². The highest BCUT2D eigenvalue weighted by molar-refractivity contribution is 7.19. The summed E-state index contributed by atoms with van der Waals surface area (Å²) in [5.74, 6) is 0.267. The van der Waals surface area contributed by atoms with Crippen molar-refractivity contribution in [2.45, 2.75) is 0 Å². The van der Waals surface area contributed by atoms with Crippen LogP contribution in [0, 0.1) is 20.2 Å². The van der Waals surface area contributed by atoms with E-state index in [1.54, 1.807) is 0 Å². The lowest BCUT2D eigenvalue weighted by Crippen LogP contribution is -2.02. The number of nitrogens with one attached hydrogen (secondary N) is 1. The lowest BCUT2D eigenvalue weighted by atomic mass is 10.5. The molecule has 0 saturated heterocycles. The van der Waals surface area contributed by atoms with Crippen LogP contribution in [0.5, 0.6) is 0 Å². The maximum atomic E-state index is 10.5. The molecule has 1 N–H and O–H groups in total. The second-order valence-corrected chi connectivity index (χ2v) is 3.84. The van der Waals surface area contributed by atoms with Crippen LogP contribution in [0.4, 0.5) is 15.7 Å². The molecule has 0 aliphatic carbocycles. The van der Waals surface area contributed by atoms with Crippen LogP contribution in [0.3, 0.4) is 0 Å². The van der Waals surface area contributed by atoms with E-state index < -0.39 is 9.85 Å². The summed E-state index contributed by atoms with van der Waals surface area (Å²) < 4.78 is 0. The summed E-state index contributed by atoms with van der Waals surface area (Å²) in [6.07, 6.45) is 0. The van der Waals surface area contributed by atoms with Crippen molar-refractivity contribution in [2.24, 2.45) is 0 Å². The highest BCUT2D eigenvalue weighted by atomic mass is 35.5. The fraction of sp³-hybridized carbons (Fsp3) is 0.333. The Morgan fingerprint density at radius 1 is 1.40 bits per heavy atom. The van der Waals surface area contributed by atoms with Gasteiger partial charge in [-0.2, -0.15) is 0 Å². The van der Waals surface area contributed by atoms with Crippen LogP contribution in [0.15, 0.2) is 6.07 Å². The van der Waals surface area contributed by atoms with Gasteiger partial charge in [-0.15, -0.1) is 11.6 Å². The Hall–Kier alpha value is -1.41. The van der Waals surface area contributed by atoms with E-state index in [0.717, 1.165) is 17.4 Å². The Bertz CT molecular complexity index is 394. The molecule has 0 spiro atoms. The highest BCUT2D eigenvalue weighted by Crippen LogP contribution is 2.38. The molecule has 9 heteroatoms. The average molecular weight is 252 g/mol. The molecule has 1 heterocycles. The molecular weight excluding hydrogens is 246 g/mol. The number of thiophene rings is 1. The Kier molecular flexibility index (Phi) is 3.81. The monoisotopic (exact) mass is 251 g/mol. The molecule has 0 aliphatic heterocycles. The molecule has 0 aliphatic rings. The quantitative estimate of drug-likeness (QED) is 0.491. The van der Waals surface area contributed by atoms with Crippen molar-refractivity contribution >= 4 is 38.6 Å². The van der Waals surface area contributed by atoms with Gasteiger partial charge in [-0.1, -0.05) is 0 Å². The minimum Gasteiger partial charge on any atom is -0.370 e. The summed E-state index contributed by atoms with van der Waals surface area (Å²) >= 11 is 6.12. The molecule has 0 radical (unpaired) electrons. The van der Waals surface area contributed by atoms with Gasteiger partial charge in [-0.3, -0.25) is 20.2 Å². The standard InChI is InChI=1S/C6H6ClN3O4S/c7-1-2-8-6-4(9(11)12)3-5(15-6)10(13)14/h3,8H,1-2H2. The Labute approximate surface area is 93.0 Å². The molecule has 0 amide bonds. The third-order valence-corrected chi connectivity index (χ3v) is 2.68. The van der Waals surface area contributed by atoms with Crippen LogP contribution in [-0.4, -0.2) is 22.3 Å². The molecule has 82 valence electrons. The van der Waals surface area contributed by atoms with E-state index >= 15 is 0 Å². The number of halogens is 1. The Morgan fingerprint density at radius 3 is 2.53 bits per heavy atom. The molecule has 0 fully saturated rings. The molecule has 0 saturated carbocycles. The van der Waals surface area contributed by atoms with Crippen molar-refractivity contribution in [1.82, 2.24) is 0 Å². The molecule has 1 rings (SSSR count). The SMILES string of the molecule is O=[N+]([O-])c1cc([N+](=O)[O-])c(NCCCl)s1. The van der Waals surface area contributed by atoms with Crippen LogP contribution >= 0.6 is 22.9 Å². The van der Waals surface area contributed by atoms with Crippen LogP contribution in [0.25, 0.3) is 0 Å². The van der Waals surface area contributed by atoms with Crippen molar-refractivity contribution in [3.05, 3.63) is 26.3 Å². The van der Waals surface area contributed by atoms with Gasteiger partial charge in [0.05, 0.1) is 9.85 Å². The molecule has 0 unspecified atom stereocenters. The van der Waals surface area contributed by atoms with E-state index in [1.165, 1.54) is 0 Å². The molecule has 1 aromatic rings. The zero-order valence-corrected chi connectivity index (χ0v) is 8.88. The predicted octanol–water partition coefficient (Wildman–Crippen LogP) is 2.22. The molecule has 1 aromatic heterocycles. The number of alkyl halides is 1. The zero-order valence-electron chi connectivity index (χ0n) is 7.31. The summed E-state index contributed by atoms with van der Waals surface area (Å²) in [5, 5.41) is 23.5. The number of nitrogens with zero attached hydrogens (tertiary/aromatic N) is 2. The maximum absolute atomic E-state index is 10.5. The van der Waals surface area contributed by atoms with Gasteiger partial charge in [0.1, 0.15) is 6.07 Å². The molecule has 7 nitrogen and oxygen atoms in total. The molecular formula is C6H6ClN3O4S. The maximum Gasteiger partial charge on any atom is 0.333 e. The average Bonchev–Trinajstić information content (AvgIpc) is 2.58. The fourth-order valence-electron chi connectivity index (χ4n) is 0.882. The van der Waals surface area contributed by atoms with Crippen LogP contribution in [0.2, 0.25) is 0 Å². The van der Waals surface area contributed by atoms with Gasteiger partial charge >= 0.3 is 10.7 Å². The molecule has 0 bridgehead atoms. The van der Waals surface area contributed by atoms with E-state index in [1.807, 2.05) is 0 Å². The smallest absolute Gasteiger partial charge is 0.333 e. The number of anilines is 1. The summed E-state index contributed by atoms with van der Waals surface area (Å²) in [4.78, 5) is 19.6. The normalized spacial score (nSPS) is 9.93. The summed E-state index contributed by atoms with van der Waals surface area (Å²) in [5.41, 5.74) is -0.295. The van der Waals surface area contributed by atoms with Gasteiger partial charge in [0, 0.05) is 12.4 Å². The number of hydrogen-bond acceptors (Lipinski definition) is 6. The van der Waals surface area contributed by atoms with Gasteiger partial charge < -0.3 is 5.32 Å². The minimum atomic E-state index is -0.667. The second kappa shape index (κ2) is 4.89. The van der Waals surface area contributed by atoms with E-state index in [9.17, 15) is 20.2 Å². The van der Waals surface area contributed by atoms with Crippen LogP contribution < -0.4 is 5.32 Å². The first kappa shape index (κ1) is 11.7. The van der Waals surface area contributed by atoms with E-state index in [4.69, 9.17) is 11.6 Å². The Balaban J connectivity index is 3.00. The van der Waals surface area contributed by atoms with Crippen molar-refractivity contribution in [2.75, 3.05) is 17.7 Å². The topological polar surface area (TPSA) is 98.3 Å². The molecule has 15 heavy (non-hydrogen) atoms. The minimum absolute atomic E-state index is 0.160. The van der Waals surface area contributed by atoms with E-state index in [2.05, 4.69) is 5.32 Å². The van der Waals surface area contributed by atoms with Crippen LogP contribution in [-0.2, 0) is 0 Å². The van der Waals surface area contributed by atoms with Gasteiger partial charge in [-0.05, 0) is 11.3 Å². The first-order valence-electron chi connectivity index (χ1n) is 3.78. The lowest BCUT2D eigenvalue weighted by Gasteiger charge is -1.97. The van der Waals surface area contributed by atoms with Crippen molar-refractivity contribution in [1.29, 1.82) is 0 Å². The first-order chi connectivity index (χ1) is 7.06. The third kappa shape index (κ3) is 2.77. The highest BCUT2D eigenvalue weighted by Gasteiger charge is 2.24. The Morgan fingerprint density at radius 2 is 2.07 bits per heavy atom. The van der Waals surface area contributed by atoms with E-state index in [-0.39, 0.29) is 21.6 Å². The van der Waals surface area contributed by atoms with Gasteiger partial charge in [0.15, 0.2) is 5.00 Å². The summed E-state index contributed by atoms with van der Waals surface area (Å²) in [7, 11) is 0.